The molecule has 0 aromatic carbocycles. The first-order valence-electron chi connectivity index (χ1n) is 7.96. The van der Waals surface area contributed by atoms with Crippen LogP contribution < -0.4 is 5.32 Å². The van der Waals surface area contributed by atoms with E-state index in [1.54, 1.807) is 0 Å². The molecule has 6 nitrogen and oxygen atoms in total. The highest BCUT2D eigenvalue weighted by Gasteiger charge is 2.31. The first-order valence-corrected chi connectivity index (χ1v) is 8.34. The Morgan fingerprint density at radius 3 is 2.65 bits per heavy atom. The molecule has 0 aliphatic heterocycles. The standard InChI is InChI=1S/C16H22ClN3O3/c1-9(2)14-18-8-11(17)13(20-14)15(21)19-12-7-5-3-4-6-10(12)16(22)23/h8-10,12H,3-7H2,1-2H3,(H,19,21)(H,22,23)/t10-,12-/m1/s1. The zero-order valence-corrected chi connectivity index (χ0v) is 14.1. The maximum atomic E-state index is 12.5. The van der Waals surface area contributed by atoms with Gasteiger partial charge in [0.1, 0.15) is 11.5 Å². The quantitative estimate of drug-likeness (QED) is 0.822. The normalized spacial score (nSPS) is 21.7. The summed E-state index contributed by atoms with van der Waals surface area (Å²) in [5.41, 5.74) is 0.110. The fourth-order valence-corrected chi connectivity index (χ4v) is 3.01. The van der Waals surface area contributed by atoms with E-state index < -0.39 is 23.8 Å². The predicted octanol–water partition coefficient (Wildman–Crippen LogP) is 3.02. The third-order valence-electron chi connectivity index (χ3n) is 4.14. The van der Waals surface area contributed by atoms with Gasteiger partial charge in [0.25, 0.3) is 5.91 Å². The van der Waals surface area contributed by atoms with Gasteiger partial charge in [0.05, 0.1) is 17.1 Å². The van der Waals surface area contributed by atoms with Crippen molar-refractivity contribution < 1.29 is 14.7 Å². The number of hydrogen-bond acceptors (Lipinski definition) is 4. The number of hydrogen-bond donors (Lipinski definition) is 2. The van der Waals surface area contributed by atoms with E-state index in [0.717, 1.165) is 19.3 Å². The number of rotatable bonds is 4. The van der Waals surface area contributed by atoms with Crippen molar-refractivity contribution in [2.75, 3.05) is 0 Å². The largest absolute Gasteiger partial charge is 0.481 e. The van der Waals surface area contributed by atoms with Gasteiger partial charge < -0.3 is 10.4 Å². The fraction of sp³-hybridized carbons (Fsp3) is 0.625. The molecule has 2 N–H and O–H groups in total. The smallest absolute Gasteiger partial charge is 0.308 e. The number of amides is 1. The van der Waals surface area contributed by atoms with Crippen molar-refractivity contribution in [2.45, 2.75) is 57.9 Å². The molecule has 2 rings (SSSR count). The van der Waals surface area contributed by atoms with Crippen LogP contribution >= 0.6 is 11.6 Å². The number of aliphatic carboxylic acids is 1. The van der Waals surface area contributed by atoms with Crippen LogP contribution in [0.25, 0.3) is 0 Å². The molecule has 1 aliphatic carbocycles. The van der Waals surface area contributed by atoms with Gasteiger partial charge in [-0.1, -0.05) is 44.7 Å². The van der Waals surface area contributed by atoms with Gasteiger partial charge in [-0.3, -0.25) is 9.59 Å². The average Bonchev–Trinajstić information content (AvgIpc) is 2.72. The molecule has 7 heteroatoms. The fourth-order valence-electron chi connectivity index (χ4n) is 2.83. The minimum Gasteiger partial charge on any atom is -0.481 e. The van der Waals surface area contributed by atoms with E-state index >= 15 is 0 Å². The Balaban J connectivity index is 2.19. The van der Waals surface area contributed by atoms with Crippen molar-refractivity contribution in [3.63, 3.8) is 0 Å². The number of carboxylic acids is 1. The molecule has 1 saturated carbocycles. The summed E-state index contributed by atoms with van der Waals surface area (Å²) in [6.07, 6.45) is 5.42. The van der Waals surface area contributed by atoms with Crippen LogP contribution in [0.2, 0.25) is 5.02 Å². The van der Waals surface area contributed by atoms with Gasteiger partial charge in [0.2, 0.25) is 0 Å². The summed E-state index contributed by atoms with van der Waals surface area (Å²) in [5.74, 6) is -1.25. The number of carboxylic acid groups (broad SMARTS) is 1. The average molecular weight is 340 g/mol. The lowest BCUT2D eigenvalue weighted by Gasteiger charge is -2.23. The first-order chi connectivity index (χ1) is 10.9. The van der Waals surface area contributed by atoms with Crippen LogP contribution in [-0.2, 0) is 4.79 Å². The molecule has 23 heavy (non-hydrogen) atoms. The van der Waals surface area contributed by atoms with E-state index in [9.17, 15) is 14.7 Å². The Morgan fingerprint density at radius 1 is 1.30 bits per heavy atom. The first kappa shape index (κ1) is 17.7. The molecular weight excluding hydrogens is 318 g/mol. The summed E-state index contributed by atoms with van der Waals surface area (Å²) in [6, 6.07) is -0.393. The second kappa shape index (κ2) is 7.73. The number of aromatic nitrogens is 2. The number of nitrogens with one attached hydrogen (secondary N) is 1. The van der Waals surface area contributed by atoms with Crippen molar-refractivity contribution in [1.29, 1.82) is 0 Å². The Labute approximate surface area is 140 Å². The highest BCUT2D eigenvalue weighted by Crippen LogP contribution is 2.25. The molecule has 0 spiro atoms. The van der Waals surface area contributed by atoms with Gasteiger partial charge in [-0.25, -0.2) is 9.97 Å². The van der Waals surface area contributed by atoms with Crippen molar-refractivity contribution in [3.8, 4) is 0 Å². The summed E-state index contributed by atoms with van der Waals surface area (Å²) in [6.45, 7) is 3.85. The molecule has 1 fully saturated rings. The van der Waals surface area contributed by atoms with E-state index in [0.29, 0.717) is 18.7 Å². The van der Waals surface area contributed by atoms with Crippen LogP contribution in [0.15, 0.2) is 6.20 Å². The molecule has 1 aromatic rings. The van der Waals surface area contributed by atoms with E-state index in [1.807, 2.05) is 13.8 Å². The lowest BCUT2D eigenvalue weighted by Crippen LogP contribution is -2.43. The monoisotopic (exact) mass is 339 g/mol. The highest BCUT2D eigenvalue weighted by molar-refractivity contribution is 6.33. The minimum atomic E-state index is -0.867. The van der Waals surface area contributed by atoms with Gasteiger partial charge in [-0.2, -0.15) is 0 Å². The SMILES string of the molecule is CC(C)c1ncc(Cl)c(C(=O)N[C@@H]2CCCCC[C@H]2C(=O)O)n1. The van der Waals surface area contributed by atoms with E-state index in [-0.39, 0.29) is 16.6 Å². The molecule has 0 unspecified atom stereocenters. The van der Waals surface area contributed by atoms with Crippen LogP contribution in [0.4, 0.5) is 0 Å². The van der Waals surface area contributed by atoms with Gasteiger partial charge >= 0.3 is 5.97 Å². The van der Waals surface area contributed by atoms with Crippen LogP contribution in [0, 0.1) is 5.92 Å². The Kier molecular flexibility index (Phi) is 5.93. The minimum absolute atomic E-state index is 0.0727. The Hall–Kier alpha value is -1.69. The Bertz CT molecular complexity index is 592. The van der Waals surface area contributed by atoms with Crippen LogP contribution in [0.5, 0.6) is 0 Å². The van der Waals surface area contributed by atoms with Gasteiger partial charge in [0.15, 0.2) is 0 Å². The molecule has 1 aliphatic rings. The lowest BCUT2D eigenvalue weighted by molar-refractivity contribution is -0.142. The van der Waals surface area contributed by atoms with Crippen molar-refractivity contribution in [1.82, 2.24) is 15.3 Å². The van der Waals surface area contributed by atoms with Crippen LogP contribution in [-0.4, -0.2) is 33.0 Å². The molecular formula is C16H22ClN3O3. The molecule has 1 aromatic heterocycles. The van der Waals surface area contributed by atoms with Crippen molar-refractivity contribution in [2.24, 2.45) is 5.92 Å². The van der Waals surface area contributed by atoms with Gasteiger partial charge in [0, 0.05) is 12.0 Å². The topological polar surface area (TPSA) is 92.2 Å². The van der Waals surface area contributed by atoms with Crippen molar-refractivity contribution >= 4 is 23.5 Å². The van der Waals surface area contributed by atoms with Crippen LogP contribution in [0.3, 0.4) is 0 Å². The number of carbonyl (C=O) groups is 2. The summed E-state index contributed by atoms with van der Waals surface area (Å²) in [4.78, 5) is 32.3. The summed E-state index contributed by atoms with van der Waals surface area (Å²) in [5, 5.41) is 12.4. The van der Waals surface area contributed by atoms with E-state index in [4.69, 9.17) is 11.6 Å². The molecule has 1 amide bonds. The number of nitrogens with zero attached hydrogens (tertiary/aromatic N) is 2. The van der Waals surface area contributed by atoms with E-state index in [2.05, 4.69) is 15.3 Å². The Morgan fingerprint density at radius 2 is 2.00 bits per heavy atom. The van der Waals surface area contributed by atoms with Gasteiger partial charge in [-0.15, -0.1) is 0 Å². The van der Waals surface area contributed by atoms with Gasteiger partial charge in [-0.05, 0) is 12.8 Å². The maximum absolute atomic E-state index is 12.5. The number of carbonyl (C=O) groups excluding carboxylic acids is 1. The summed E-state index contributed by atoms with van der Waals surface area (Å²) < 4.78 is 0. The highest BCUT2D eigenvalue weighted by atomic mass is 35.5. The molecule has 2 atom stereocenters. The predicted molar refractivity (Wildman–Crippen MR) is 86.6 cm³/mol. The third kappa shape index (κ3) is 4.41. The van der Waals surface area contributed by atoms with E-state index in [1.165, 1.54) is 6.20 Å². The number of halogens is 1. The molecule has 1 heterocycles. The summed E-state index contributed by atoms with van der Waals surface area (Å²) >= 11 is 6.04. The zero-order valence-electron chi connectivity index (χ0n) is 13.4. The second-order valence-electron chi connectivity index (χ2n) is 6.24. The molecule has 0 saturated heterocycles. The van der Waals surface area contributed by atoms with Crippen LogP contribution in [0.1, 0.15) is 68.2 Å². The summed E-state index contributed by atoms with van der Waals surface area (Å²) in [7, 11) is 0. The maximum Gasteiger partial charge on any atom is 0.308 e. The zero-order chi connectivity index (χ0) is 17.0. The lowest BCUT2D eigenvalue weighted by atomic mass is 9.95. The molecule has 126 valence electrons. The van der Waals surface area contributed by atoms with Crippen molar-refractivity contribution in [3.05, 3.63) is 22.7 Å². The third-order valence-corrected chi connectivity index (χ3v) is 4.42. The molecule has 0 bridgehead atoms. The molecule has 0 radical (unpaired) electrons. The second-order valence-corrected chi connectivity index (χ2v) is 6.65.